The Labute approximate surface area is 132 Å². The summed E-state index contributed by atoms with van der Waals surface area (Å²) in [6.07, 6.45) is 1.63. The van der Waals surface area contributed by atoms with E-state index in [2.05, 4.69) is 8.95 Å². The maximum Gasteiger partial charge on any atom is 0.339 e. The molecule has 1 heterocycles. The van der Waals surface area contributed by atoms with Gasteiger partial charge in [-0.2, -0.15) is 0 Å². The minimum atomic E-state index is -2.18. The van der Waals surface area contributed by atoms with E-state index < -0.39 is 8.93 Å². The summed E-state index contributed by atoms with van der Waals surface area (Å²) in [6, 6.07) is 16.9. The predicted molar refractivity (Wildman–Crippen MR) is 88.7 cm³/mol. The first-order chi connectivity index (χ1) is 10.5. The predicted octanol–water partition coefficient (Wildman–Crippen LogP) is 2.51. The molecule has 3 rings (SSSR count). The molecule has 5 heteroatoms. The Hall–Kier alpha value is -1.98. The van der Waals surface area contributed by atoms with Gasteiger partial charge in [0.1, 0.15) is 15.6 Å². The number of rotatable bonds is 3. The number of carbonyl (C=O) groups excluding carboxylic acids is 1. The largest absolute Gasteiger partial charge is 0.457 e. The summed E-state index contributed by atoms with van der Waals surface area (Å²) < 4.78 is 17.2. The molecule has 110 valence electrons. The van der Waals surface area contributed by atoms with E-state index in [4.69, 9.17) is 4.74 Å². The highest BCUT2D eigenvalue weighted by molar-refractivity contribution is 8.04. The van der Waals surface area contributed by atoms with Crippen molar-refractivity contribution in [1.29, 1.82) is 0 Å². The Bertz CT molecular complexity index is 851. The van der Waals surface area contributed by atoms with Gasteiger partial charge in [0.25, 0.3) is 0 Å². The molecule has 1 aliphatic rings. The fourth-order valence-corrected chi connectivity index (χ4v) is 3.51. The molecule has 0 N–H and O–H groups in total. The van der Waals surface area contributed by atoms with Crippen LogP contribution in [-0.2, 0) is 18.5 Å². The smallest absolute Gasteiger partial charge is 0.339 e. The van der Waals surface area contributed by atoms with Gasteiger partial charge in [-0.1, -0.05) is 42.5 Å². The Balaban J connectivity index is 2.09. The highest BCUT2D eigenvalue weighted by Crippen LogP contribution is 2.33. The van der Waals surface area contributed by atoms with Crippen molar-refractivity contribution >= 4 is 35.0 Å². The van der Waals surface area contributed by atoms with E-state index in [0.717, 1.165) is 21.6 Å². The zero-order valence-electron chi connectivity index (χ0n) is 12.0. The quantitative estimate of drug-likeness (QED) is 0.643. The molecule has 3 nitrogen and oxygen atoms in total. The van der Waals surface area contributed by atoms with E-state index >= 15 is 0 Å². The molecular weight excluding hydrogens is 312 g/mol. The van der Waals surface area contributed by atoms with Gasteiger partial charge in [-0.15, -0.1) is 0 Å². The first-order valence-electron chi connectivity index (χ1n) is 6.77. The molecular formula is C17H14O3SSi. The Morgan fingerprint density at radius 1 is 1.00 bits per heavy atom. The highest BCUT2D eigenvalue weighted by atomic mass is 32.3. The maximum absolute atomic E-state index is 12.1. The van der Waals surface area contributed by atoms with Gasteiger partial charge in [0.05, 0.1) is 5.57 Å². The highest BCUT2D eigenvalue weighted by Gasteiger charge is 2.26. The molecule has 1 atom stereocenters. The van der Waals surface area contributed by atoms with E-state index in [9.17, 15) is 9.00 Å². The number of hydrogen-bond acceptors (Lipinski definition) is 3. The van der Waals surface area contributed by atoms with E-state index in [0.29, 0.717) is 5.57 Å². The number of cyclic esters (lactones) is 1. The summed E-state index contributed by atoms with van der Waals surface area (Å²) in [5, 5.41) is 0. The number of carbonyl (C=O) groups is 1. The van der Waals surface area contributed by atoms with Gasteiger partial charge in [-0.3, -0.25) is 4.21 Å². The molecule has 0 spiro atoms. The summed E-state index contributed by atoms with van der Waals surface area (Å²) >= 11 is 0. The molecule has 1 aliphatic heterocycles. The molecule has 0 aromatic heterocycles. The van der Waals surface area contributed by atoms with E-state index in [-0.39, 0.29) is 12.6 Å². The second kappa shape index (κ2) is 5.66. The van der Waals surface area contributed by atoms with Gasteiger partial charge in [-0.25, -0.2) is 4.79 Å². The molecule has 2 radical (unpaired) electrons. The second-order valence-corrected chi connectivity index (χ2v) is 9.66. The minimum Gasteiger partial charge on any atom is -0.457 e. The maximum atomic E-state index is 12.1. The van der Waals surface area contributed by atoms with Crippen LogP contribution in [0.5, 0.6) is 0 Å². The second-order valence-electron chi connectivity index (χ2n) is 5.16. The number of esters is 1. The minimum absolute atomic E-state index is 0.262. The lowest BCUT2D eigenvalue weighted by atomic mass is 9.97. The zero-order valence-corrected chi connectivity index (χ0v) is 13.9. The van der Waals surface area contributed by atoms with Gasteiger partial charge in [0.2, 0.25) is 0 Å². The summed E-state index contributed by atoms with van der Waals surface area (Å²) in [7, 11) is 1.07. The Morgan fingerprint density at radius 2 is 1.64 bits per heavy atom. The first kappa shape index (κ1) is 14.9. The third-order valence-electron chi connectivity index (χ3n) is 3.57. The lowest BCUT2D eigenvalue weighted by Crippen LogP contribution is -1.98. The average Bonchev–Trinajstić information content (AvgIpc) is 2.89. The first-order valence-corrected chi connectivity index (χ1v) is 9.96. The van der Waals surface area contributed by atoms with Crippen molar-refractivity contribution in [2.75, 3.05) is 12.9 Å². The van der Waals surface area contributed by atoms with Crippen LogP contribution in [0.15, 0.2) is 59.5 Å². The average molecular weight is 326 g/mol. The Morgan fingerprint density at radius 3 is 2.23 bits per heavy atom. The third-order valence-corrected chi connectivity index (χ3v) is 5.45. The van der Waals surface area contributed by atoms with Crippen LogP contribution < -0.4 is 0 Å². The normalized spacial score (nSPS) is 17.2. The molecule has 0 saturated carbocycles. The summed E-state index contributed by atoms with van der Waals surface area (Å²) in [6.45, 7) is 0.262. The molecule has 22 heavy (non-hydrogen) atoms. The van der Waals surface area contributed by atoms with Crippen molar-refractivity contribution in [3.8, 4) is 0 Å². The summed E-state index contributed by atoms with van der Waals surface area (Å²) in [4.78, 5) is 12.8. The van der Waals surface area contributed by atoms with Crippen molar-refractivity contribution in [3.05, 3.63) is 65.7 Å². The van der Waals surface area contributed by atoms with E-state index in [1.165, 1.54) is 0 Å². The van der Waals surface area contributed by atoms with Crippen molar-refractivity contribution in [3.63, 3.8) is 0 Å². The van der Waals surface area contributed by atoms with Gasteiger partial charge in [0.15, 0.2) is 0 Å². The fourth-order valence-electron chi connectivity index (χ4n) is 2.45. The van der Waals surface area contributed by atoms with Crippen LogP contribution in [0.4, 0.5) is 0 Å². The number of hydrogen-bond donors (Lipinski definition) is 0. The lowest BCUT2D eigenvalue weighted by Gasteiger charge is -2.07. The van der Waals surface area contributed by atoms with Gasteiger partial charge < -0.3 is 4.74 Å². The van der Waals surface area contributed by atoms with Crippen LogP contribution in [0.3, 0.4) is 0 Å². The molecule has 1 unspecified atom stereocenters. The van der Waals surface area contributed by atoms with Crippen LogP contribution in [0.2, 0.25) is 0 Å². The van der Waals surface area contributed by atoms with Crippen molar-refractivity contribution < 1.29 is 13.7 Å². The monoisotopic (exact) mass is 326 g/mol. The van der Waals surface area contributed by atoms with Crippen molar-refractivity contribution in [2.24, 2.45) is 0 Å². The lowest BCUT2D eigenvalue weighted by molar-refractivity contribution is -0.133. The molecule has 0 fully saturated rings. The van der Waals surface area contributed by atoms with Crippen LogP contribution in [0, 0.1) is 0 Å². The Kier molecular flexibility index (Phi) is 3.84. The van der Waals surface area contributed by atoms with Gasteiger partial charge >= 0.3 is 5.97 Å². The van der Waals surface area contributed by atoms with Crippen LogP contribution in [0.1, 0.15) is 11.1 Å². The SMILES string of the molecule is CS(=O)(=[Si])c1ccc(C2=C(c3ccccc3)C(=O)OC2)cc1. The zero-order chi connectivity index (χ0) is 15.7. The topological polar surface area (TPSA) is 43.4 Å². The van der Waals surface area contributed by atoms with Crippen LogP contribution in [-0.4, -0.2) is 32.0 Å². The number of ether oxygens (including phenoxy) is 1. The molecule has 2 aromatic carbocycles. The third kappa shape index (κ3) is 2.82. The van der Waals surface area contributed by atoms with Crippen molar-refractivity contribution in [2.45, 2.75) is 4.90 Å². The number of benzene rings is 2. The van der Waals surface area contributed by atoms with E-state index in [1.54, 1.807) is 6.26 Å². The molecule has 0 amide bonds. The molecule has 2 aromatic rings. The van der Waals surface area contributed by atoms with Crippen LogP contribution >= 0.6 is 0 Å². The fraction of sp³-hybridized carbons (Fsp3) is 0.118. The van der Waals surface area contributed by atoms with Gasteiger partial charge in [0, 0.05) is 16.7 Å². The summed E-state index contributed by atoms with van der Waals surface area (Å²) in [5.74, 6) is -0.301. The van der Waals surface area contributed by atoms with Crippen molar-refractivity contribution in [1.82, 2.24) is 0 Å². The van der Waals surface area contributed by atoms with Gasteiger partial charge in [-0.05, 0) is 32.2 Å². The molecule has 0 aliphatic carbocycles. The summed E-state index contributed by atoms with van der Waals surface area (Å²) in [5.41, 5.74) is 3.22. The molecule has 0 bridgehead atoms. The van der Waals surface area contributed by atoms with Crippen LogP contribution in [0.25, 0.3) is 11.1 Å². The standard InChI is InChI=1S/C17H14O3SSi/c1-21(19,22)14-9-7-12(8-10-14)15-11-20-17(18)16(15)13-5-3-2-4-6-13/h2-10H,11H2,1H3. The molecule has 0 saturated heterocycles. The van der Waals surface area contributed by atoms with E-state index in [1.807, 2.05) is 54.6 Å².